The van der Waals surface area contributed by atoms with Gasteiger partial charge in [-0.05, 0) is 12.1 Å². The minimum absolute atomic E-state index is 0.0150. The smallest absolute Gasteiger partial charge is 0.349 e. The number of aromatic amines is 1. The Morgan fingerprint density at radius 3 is 2.81 bits per heavy atom. The number of rotatable bonds is 3. The number of hydrogen-bond donors (Lipinski definition) is 2. The Morgan fingerprint density at radius 2 is 2.04 bits per heavy atom. The summed E-state index contributed by atoms with van der Waals surface area (Å²) >= 11 is 0. The van der Waals surface area contributed by atoms with Crippen LogP contribution in [0.2, 0.25) is 0 Å². The van der Waals surface area contributed by atoms with Crippen molar-refractivity contribution in [3.63, 3.8) is 0 Å². The lowest BCUT2D eigenvalue weighted by Gasteiger charge is -2.26. The van der Waals surface area contributed by atoms with Gasteiger partial charge in [-0.2, -0.15) is 9.28 Å². The molecule has 0 aliphatic carbocycles. The Balaban J connectivity index is 1.50. The van der Waals surface area contributed by atoms with Crippen LogP contribution < -0.4 is 15.8 Å². The maximum absolute atomic E-state index is 13.5. The molecule has 9 nitrogen and oxygen atoms in total. The quantitative estimate of drug-likeness (QED) is 0.762. The maximum atomic E-state index is 13.5. The predicted octanol–water partition coefficient (Wildman–Crippen LogP) is 1.13. The van der Waals surface area contributed by atoms with Crippen LogP contribution in [-0.2, 0) is 13.8 Å². The first kappa shape index (κ1) is 17.3. The summed E-state index contributed by atoms with van der Waals surface area (Å²) in [4.78, 5) is 35.4. The molecule has 26 heavy (non-hydrogen) atoms. The van der Waals surface area contributed by atoms with Crippen LogP contribution in [0.4, 0.5) is 4.39 Å². The average molecular weight is 385 g/mol. The molecule has 1 aromatic carbocycles. The van der Waals surface area contributed by atoms with Crippen molar-refractivity contribution in [2.45, 2.75) is 24.9 Å². The van der Waals surface area contributed by atoms with Gasteiger partial charge < -0.3 is 4.74 Å². The summed E-state index contributed by atoms with van der Waals surface area (Å²) in [7, 11) is -3.60. The van der Waals surface area contributed by atoms with Gasteiger partial charge in [-0.15, -0.1) is 9.05 Å². The van der Waals surface area contributed by atoms with E-state index in [0.29, 0.717) is 5.75 Å². The molecule has 2 aliphatic heterocycles. The highest BCUT2D eigenvalue weighted by atomic mass is 31.2. The van der Waals surface area contributed by atoms with Crippen molar-refractivity contribution >= 4 is 8.17 Å². The van der Waals surface area contributed by atoms with Crippen LogP contribution in [0.5, 0.6) is 5.75 Å². The topological polar surface area (TPSA) is 112 Å². The Morgan fingerprint density at radius 1 is 1.27 bits per heavy atom. The van der Waals surface area contributed by atoms with E-state index in [1.54, 1.807) is 30.3 Å². The Hall–Kier alpha value is -2.10. The lowest BCUT2D eigenvalue weighted by atomic mass is 10.2. The van der Waals surface area contributed by atoms with Crippen LogP contribution in [-0.4, -0.2) is 33.3 Å². The van der Waals surface area contributed by atoms with Crippen LogP contribution in [0, 0.1) is 5.82 Å². The number of halogens is 1. The molecule has 2 aromatic rings. The molecule has 2 saturated heterocycles. The summed E-state index contributed by atoms with van der Waals surface area (Å²) in [5.74, 6) is -0.715. The molecular formula is C15H15FN2O7P+. The van der Waals surface area contributed by atoms with Crippen molar-refractivity contribution in [2.24, 2.45) is 0 Å². The molecule has 1 unspecified atom stereocenters. The first-order valence-electron chi connectivity index (χ1n) is 7.79. The minimum Gasteiger partial charge on any atom is -0.349 e. The molecule has 0 bridgehead atoms. The largest absolute Gasteiger partial charge is 0.619 e. The number of nitrogens with zero attached hydrogens (tertiary/aromatic N) is 1. The van der Waals surface area contributed by atoms with Gasteiger partial charge in [-0.25, -0.2) is 4.79 Å². The molecule has 0 amide bonds. The number of fused-ring (bicyclic) bond motifs is 1. The summed E-state index contributed by atoms with van der Waals surface area (Å²) in [5.41, 5.74) is -1.90. The molecule has 1 aromatic heterocycles. The fourth-order valence-corrected chi connectivity index (χ4v) is 4.28. The number of aromatic nitrogens is 2. The van der Waals surface area contributed by atoms with E-state index < -0.39 is 43.7 Å². The lowest BCUT2D eigenvalue weighted by molar-refractivity contribution is -0.0748. The monoisotopic (exact) mass is 385 g/mol. The molecule has 4 atom stereocenters. The molecule has 11 heteroatoms. The second-order valence-electron chi connectivity index (χ2n) is 5.82. The van der Waals surface area contributed by atoms with Crippen LogP contribution in [0.25, 0.3) is 0 Å². The van der Waals surface area contributed by atoms with E-state index in [0.717, 1.165) is 10.8 Å². The second kappa shape index (κ2) is 6.57. The van der Waals surface area contributed by atoms with Gasteiger partial charge in [0, 0.05) is 6.42 Å². The number of H-pyrrole nitrogens is 1. The van der Waals surface area contributed by atoms with Gasteiger partial charge in [-0.3, -0.25) is 18.9 Å². The molecule has 4 rings (SSSR count). The standard InChI is InChI=1S/C15H14FN2O7P/c16-10-7-18(15(20)17-14(10)19)13-6-11-12(23-13)8-22-26(21,25-11)24-9-4-2-1-3-5-9/h1-5,7,11-13,21H,6,8H2/p+1/t11-,12+,13+,26?/m0/s1. The van der Waals surface area contributed by atoms with Crippen LogP contribution >= 0.6 is 8.17 Å². The molecule has 2 N–H and O–H groups in total. The molecule has 3 heterocycles. The van der Waals surface area contributed by atoms with Crippen molar-refractivity contribution in [2.75, 3.05) is 6.61 Å². The van der Waals surface area contributed by atoms with E-state index in [1.165, 1.54) is 0 Å². The van der Waals surface area contributed by atoms with E-state index in [4.69, 9.17) is 18.3 Å². The average Bonchev–Trinajstić information content (AvgIpc) is 3.01. The fourth-order valence-electron chi connectivity index (χ4n) is 2.84. The highest BCUT2D eigenvalue weighted by molar-refractivity contribution is 7.55. The molecular weight excluding hydrogens is 370 g/mol. The number of nitrogens with one attached hydrogen (secondary N) is 1. The number of hydrogen-bond acceptors (Lipinski definition) is 7. The Kier molecular flexibility index (Phi) is 4.37. The van der Waals surface area contributed by atoms with E-state index in [2.05, 4.69) is 0 Å². The number of benzene rings is 1. The van der Waals surface area contributed by atoms with Gasteiger partial charge in [0.25, 0.3) is 5.56 Å². The van der Waals surface area contributed by atoms with Gasteiger partial charge in [0.15, 0.2) is 5.75 Å². The molecule has 0 radical (unpaired) electrons. The van der Waals surface area contributed by atoms with Crippen molar-refractivity contribution in [1.82, 2.24) is 9.55 Å². The maximum Gasteiger partial charge on any atom is 0.619 e. The zero-order chi connectivity index (χ0) is 18.3. The van der Waals surface area contributed by atoms with E-state index in [-0.39, 0.29) is 13.0 Å². The van der Waals surface area contributed by atoms with Gasteiger partial charge in [0.2, 0.25) is 5.82 Å². The van der Waals surface area contributed by atoms with Gasteiger partial charge in [-0.1, -0.05) is 18.2 Å². The van der Waals surface area contributed by atoms with Gasteiger partial charge in [0.1, 0.15) is 25.0 Å². The van der Waals surface area contributed by atoms with Crippen molar-refractivity contribution in [3.8, 4) is 5.75 Å². The number of para-hydroxylation sites is 1. The highest BCUT2D eigenvalue weighted by Crippen LogP contribution is 2.62. The zero-order valence-corrected chi connectivity index (χ0v) is 14.2. The summed E-state index contributed by atoms with van der Waals surface area (Å²) in [6, 6.07) is 8.56. The van der Waals surface area contributed by atoms with Crippen LogP contribution in [0.15, 0.2) is 46.1 Å². The van der Waals surface area contributed by atoms with E-state index in [1.807, 2.05) is 4.98 Å². The van der Waals surface area contributed by atoms with Crippen molar-refractivity contribution in [3.05, 3.63) is 63.2 Å². The summed E-state index contributed by atoms with van der Waals surface area (Å²) in [6.07, 6.45) is -1.11. The molecule has 138 valence electrons. The minimum atomic E-state index is -3.60. The molecule has 2 fully saturated rings. The van der Waals surface area contributed by atoms with Gasteiger partial charge >= 0.3 is 13.9 Å². The van der Waals surface area contributed by atoms with E-state index in [9.17, 15) is 18.9 Å². The predicted molar refractivity (Wildman–Crippen MR) is 86.8 cm³/mol. The van der Waals surface area contributed by atoms with Gasteiger partial charge in [0.05, 0.1) is 6.20 Å². The zero-order valence-electron chi connectivity index (χ0n) is 13.3. The van der Waals surface area contributed by atoms with E-state index >= 15 is 0 Å². The lowest BCUT2D eigenvalue weighted by Crippen LogP contribution is -2.36. The van der Waals surface area contributed by atoms with Crippen molar-refractivity contribution in [1.29, 1.82) is 0 Å². The first-order chi connectivity index (χ1) is 12.4. The molecule has 0 spiro atoms. The molecule has 0 saturated carbocycles. The third kappa shape index (κ3) is 3.29. The Bertz CT molecular complexity index is 920. The second-order valence-corrected chi connectivity index (χ2v) is 7.41. The fraction of sp³-hybridized carbons (Fsp3) is 0.333. The summed E-state index contributed by atoms with van der Waals surface area (Å²) in [5, 5.41) is 0. The molecule has 2 aliphatic rings. The van der Waals surface area contributed by atoms with Crippen LogP contribution in [0.1, 0.15) is 12.6 Å². The summed E-state index contributed by atoms with van der Waals surface area (Å²) < 4.78 is 36.4. The first-order valence-corrected chi connectivity index (χ1v) is 9.29. The van der Waals surface area contributed by atoms with Crippen LogP contribution in [0.3, 0.4) is 0 Å². The third-order valence-corrected chi connectivity index (χ3v) is 5.50. The Labute approximate surface area is 146 Å². The summed E-state index contributed by atoms with van der Waals surface area (Å²) in [6.45, 7) is -0.0150. The highest BCUT2D eigenvalue weighted by Gasteiger charge is 2.58. The number of ether oxygens (including phenoxy) is 1. The normalized spacial score (nSPS) is 30.8. The third-order valence-electron chi connectivity index (χ3n) is 4.05. The van der Waals surface area contributed by atoms with Crippen molar-refractivity contribution < 1.29 is 27.6 Å². The SMILES string of the molecule is O=c1[nH]c(=O)n([C@H]2C[C@@H]3O[P+](O)(Oc4ccccc4)OC[C@H]3O2)cc1F.